The number of ether oxygens (including phenoxy) is 2. The van der Waals surface area contributed by atoms with Crippen molar-refractivity contribution in [2.24, 2.45) is 0 Å². The number of phenolic OH excluding ortho intramolecular Hbond substituents is 4. The van der Waals surface area contributed by atoms with Gasteiger partial charge in [0.15, 0.2) is 28.8 Å². The van der Waals surface area contributed by atoms with Crippen molar-refractivity contribution in [3.63, 3.8) is 0 Å². The number of carbonyl (C=O) groups excluding carboxylic acids is 1. The van der Waals surface area contributed by atoms with Gasteiger partial charge >= 0.3 is 0 Å². The number of ketones is 1. The number of aliphatic hydroxyl groups is 5. The third kappa shape index (κ3) is 4.95. The van der Waals surface area contributed by atoms with E-state index in [1.54, 1.807) is 0 Å². The lowest BCUT2D eigenvalue weighted by molar-refractivity contribution is -0.277. The molecule has 0 bridgehead atoms. The first kappa shape index (κ1) is 24.5. The second-order valence-corrected chi connectivity index (χ2v) is 7.53. The molecule has 12 heteroatoms. The highest BCUT2D eigenvalue weighted by molar-refractivity contribution is 6.02. The van der Waals surface area contributed by atoms with E-state index in [-0.39, 0.29) is 12.2 Å². The van der Waals surface area contributed by atoms with Crippen LogP contribution in [0.5, 0.6) is 28.7 Å². The van der Waals surface area contributed by atoms with Crippen molar-refractivity contribution in [1.82, 2.24) is 0 Å². The van der Waals surface area contributed by atoms with Gasteiger partial charge in [0, 0.05) is 6.42 Å². The maximum Gasteiger partial charge on any atom is 0.229 e. The second kappa shape index (κ2) is 9.79. The summed E-state index contributed by atoms with van der Waals surface area (Å²) in [4.78, 5) is 12.7. The zero-order valence-corrected chi connectivity index (χ0v) is 17.0. The molecule has 1 saturated heterocycles. The van der Waals surface area contributed by atoms with Gasteiger partial charge in [-0.25, -0.2) is 0 Å². The third-order valence-corrected chi connectivity index (χ3v) is 5.23. The molecule has 3 rings (SSSR count). The van der Waals surface area contributed by atoms with Gasteiger partial charge in [0.25, 0.3) is 0 Å². The molecule has 0 spiro atoms. The molecule has 2 aromatic carbocycles. The molecule has 0 unspecified atom stereocenters. The van der Waals surface area contributed by atoms with Gasteiger partial charge in [-0.2, -0.15) is 0 Å². The Morgan fingerprint density at radius 1 is 0.939 bits per heavy atom. The van der Waals surface area contributed by atoms with E-state index in [4.69, 9.17) is 9.47 Å². The SMILES string of the molecule is O=C(c1ccc(O)c(O[C@H]2O[C@@H](CO)[C@@H](O)[C@@H](O)[C@H]2O)c1O)[C@H](O)Cc1ccc(O)c(O)c1. The summed E-state index contributed by atoms with van der Waals surface area (Å²) >= 11 is 0. The van der Waals surface area contributed by atoms with E-state index in [2.05, 4.69) is 0 Å². The molecule has 0 aliphatic carbocycles. The van der Waals surface area contributed by atoms with Crippen LogP contribution in [0.3, 0.4) is 0 Å². The molecule has 0 radical (unpaired) electrons. The molecule has 2 aromatic rings. The van der Waals surface area contributed by atoms with Crippen LogP contribution in [0.15, 0.2) is 30.3 Å². The minimum atomic E-state index is -1.84. The highest BCUT2D eigenvalue weighted by atomic mass is 16.7. The molecule has 9 N–H and O–H groups in total. The average Bonchev–Trinajstić information content (AvgIpc) is 2.78. The van der Waals surface area contributed by atoms with Crippen LogP contribution >= 0.6 is 0 Å². The van der Waals surface area contributed by atoms with E-state index in [1.807, 2.05) is 0 Å². The fraction of sp³-hybridized carbons (Fsp3) is 0.381. The molecule has 1 heterocycles. The van der Waals surface area contributed by atoms with Crippen LogP contribution in [0, 0.1) is 0 Å². The maximum absolute atomic E-state index is 12.7. The van der Waals surface area contributed by atoms with Crippen LogP contribution in [0.25, 0.3) is 0 Å². The first-order valence-electron chi connectivity index (χ1n) is 9.80. The molecule has 6 atom stereocenters. The standard InChI is InChI=1S/C21H24O12/c22-7-14-17(29)18(30)19(31)21(32-14)33-20-11(24)4-2-9(16(20)28)15(27)13(26)6-8-1-3-10(23)12(25)5-8/h1-5,13-14,17-19,21-26,28-31H,6-7H2/t13-,14+,17-,18-,19-,21-/m1/s1. The summed E-state index contributed by atoms with van der Waals surface area (Å²) in [6.07, 6.45) is -10.3. The molecular formula is C21H24O12. The average molecular weight is 468 g/mol. The zero-order valence-electron chi connectivity index (χ0n) is 17.0. The topological polar surface area (TPSA) is 218 Å². The molecule has 0 amide bonds. The van der Waals surface area contributed by atoms with Crippen molar-refractivity contribution >= 4 is 5.78 Å². The van der Waals surface area contributed by atoms with Crippen LogP contribution in [-0.4, -0.2) is 95.2 Å². The first-order chi connectivity index (χ1) is 15.5. The number of phenols is 4. The summed E-state index contributed by atoms with van der Waals surface area (Å²) in [6, 6.07) is 5.69. The summed E-state index contributed by atoms with van der Waals surface area (Å²) in [5.41, 5.74) is -0.148. The molecule has 12 nitrogen and oxygen atoms in total. The van der Waals surface area contributed by atoms with Gasteiger partial charge in [-0.05, 0) is 29.8 Å². The van der Waals surface area contributed by atoms with Crippen LogP contribution in [0.1, 0.15) is 15.9 Å². The van der Waals surface area contributed by atoms with Crippen molar-refractivity contribution < 1.29 is 60.2 Å². The zero-order chi connectivity index (χ0) is 24.4. The summed E-state index contributed by atoms with van der Waals surface area (Å²) in [6.45, 7) is -0.736. The summed E-state index contributed by atoms with van der Waals surface area (Å²) < 4.78 is 10.4. The Morgan fingerprint density at radius 3 is 2.24 bits per heavy atom. The fourth-order valence-corrected chi connectivity index (χ4v) is 3.35. The Hall–Kier alpha value is -3.13. The lowest BCUT2D eigenvalue weighted by Crippen LogP contribution is -2.60. The number of aromatic hydroxyl groups is 4. The van der Waals surface area contributed by atoms with E-state index in [0.717, 1.165) is 18.2 Å². The summed E-state index contributed by atoms with van der Waals surface area (Å²) in [5, 5.41) is 88.8. The minimum Gasteiger partial charge on any atom is -0.504 e. The van der Waals surface area contributed by atoms with Gasteiger partial charge in [-0.15, -0.1) is 0 Å². The van der Waals surface area contributed by atoms with Gasteiger partial charge in [-0.1, -0.05) is 6.07 Å². The van der Waals surface area contributed by atoms with Crippen molar-refractivity contribution in [2.45, 2.75) is 43.2 Å². The largest absolute Gasteiger partial charge is 0.504 e. The Kier molecular flexibility index (Phi) is 7.27. The number of Topliss-reactive ketones (excluding diaryl/α,β-unsaturated/α-hetero) is 1. The molecule has 33 heavy (non-hydrogen) atoms. The first-order valence-corrected chi connectivity index (χ1v) is 9.80. The molecule has 180 valence electrons. The van der Waals surface area contributed by atoms with Gasteiger partial charge < -0.3 is 55.4 Å². The number of benzene rings is 2. The minimum absolute atomic E-state index is 0.282. The van der Waals surface area contributed by atoms with Crippen molar-refractivity contribution in [3.8, 4) is 28.7 Å². The summed E-state index contributed by atoms with van der Waals surface area (Å²) in [5.74, 6) is -4.08. The third-order valence-electron chi connectivity index (χ3n) is 5.23. The predicted octanol–water partition coefficient (Wildman–Crippen LogP) is -1.53. The monoisotopic (exact) mass is 468 g/mol. The number of hydrogen-bond donors (Lipinski definition) is 9. The van der Waals surface area contributed by atoms with Gasteiger partial charge in [0.1, 0.15) is 30.5 Å². The van der Waals surface area contributed by atoms with E-state index < -0.39 is 77.8 Å². The van der Waals surface area contributed by atoms with Crippen molar-refractivity contribution in [2.75, 3.05) is 6.61 Å². The number of rotatable bonds is 7. The van der Waals surface area contributed by atoms with Gasteiger partial charge in [0.2, 0.25) is 12.0 Å². The molecule has 1 fully saturated rings. The highest BCUT2D eigenvalue weighted by Crippen LogP contribution is 2.41. The van der Waals surface area contributed by atoms with Gasteiger partial charge in [-0.3, -0.25) is 4.79 Å². The van der Waals surface area contributed by atoms with Crippen LogP contribution in [0.4, 0.5) is 0 Å². The highest BCUT2D eigenvalue weighted by Gasteiger charge is 2.45. The van der Waals surface area contributed by atoms with E-state index >= 15 is 0 Å². The lowest BCUT2D eigenvalue weighted by Gasteiger charge is -2.39. The predicted molar refractivity (Wildman–Crippen MR) is 108 cm³/mol. The molecule has 1 aliphatic rings. The number of aliphatic hydroxyl groups excluding tert-OH is 5. The van der Waals surface area contributed by atoms with Gasteiger partial charge in [0.05, 0.1) is 12.2 Å². The fourth-order valence-electron chi connectivity index (χ4n) is 3.35. The quantitative estimate of drug-likeness (QED) is 0.167. The Balaban J connectivity index is 1.82. The van der Waals surface area contributed by atoms with Crippen molar-refractivity contribution in [1.29, 1.82) is 0 Å². The second-order valence-electron chi connectivity index (χ2n) is 7.53. The smallest absolute Gasteiger partial charge is 0.229 e. The Morgan fingerprint density at radius 2 is 1.61 bits per heavy atom. The summed E-state index contributed by atoms with van der Waals surface area (Å²) in [7, 11) is 0. The van der Waals surface area contributed by atoms with E-state index in [1.165, 1.54) is 12.1 Å². The lowest BCUT2D eigenvalue weighted by atomic mass is 9.98. The molecule has 0 aromatic heterocycles. The normalized spacial score (nSPS) is 26.0. The molecule has 1 aliphatic heterocycles. The molecule has 0 saturated carbocycles. The Bertz CT molecular complexity index is 1010. The number of hydrogen-bond acceptors (Lipinski definition) is 12. The van der Waals surface area contributed by atoms with Crippen LogP contribution in [0.2, 0.25) is 0 Å². The van der Waals surface area contributed by atoms with E-state index in [0.29, 0.717) is 5.56 Å². The van der Waals surface area contributed by atoms with Crippen molar-refractivity contribution in [3.05, 3.63) is 41.5 Å². The molecular weight excluding hydrogens is 444 g/mol. The van der Waals surface area contributed by atoms with E-state index in [9.17, 15) is 50.8 Å². The Labute approximate surface area is 186 Å². The van der Waals surface area contributed by atoms with Crippen LogP contribution in [-0.2, 0) is 11.2 Å². The van der Waals surface area contributed by atoms with Crippen LogP contribution < -0.4 is 4.74 Å². The number of carbonyl (C=O) groups is 1. The maximum atomic E-state index is 12.7.